The fraction of sp³-hybridized carbons (Fsp3) is 0.500. The molecule has 0 aliphatic heterocycles. The van der Waals surface area contributed by atoms with Crippen LogP contribution in [-0.4, -0.2) is 34.0 Å². The van der Waals surface area contributed by atoms with Crippen molar-refractivity contribution in [2.24, 2.45) is 0 Å². The highest BCUT2D eigenvalue weighted by atomic mass is 32.2. The van der Waals surface area contributed by atoms with Gasteiger partial charge in [0.1, 0.15) is 0 Å². The van der Waals surface area contributed by atoms with E-state index in [1.54, 1.807) is 6.07 Å². The molecule has 1 heterocycles. The lowest BCUT2D eigenvalue weighted by atomic mass is 10.2. The molecule has 0 fully saturated rings. The van der Waals surface area contributed by atoms with Crippen LogP contribution in [0.2, 0.25) is 0 Å². The van der Waals surface area contributed by atoms with Crippen molar-refractivity contribution >= 4 is 17.7 Å². The van der Waals surface area contributed by atoms with Gasteiger partial charge in [-0.2, -0.15) is 0 Å². The van der Waals surface area contributed by atoms with Crippen molar-refractivity contribution in [2.75, 3.05) is 12.4 Å². The molecule has 0 saturated heterocycles. The SMILES string of the molecule is CC(C)(C)OCCSc1cc(C(=O)O)ccn1. The largest absolute Gasteiger partial charge is 0.478 e. The van der Waals surface area contributed by atoms with Crippen molar-refractivity contribution in [2.45, 2.75) is 31.4 Å². The van der Waals surface area contributed by atoms with E-state index in [1.807, 2.05) is 20.8 Å². The molecule has 0 bridgehead atoms. The molecule has 0 aliphatic carbocycles. The molecule has 0 atom stereocenters. The number of pyridine rings is 1. The van der Waals surface area contributed by atoms with Gasteiger partial charge in [0.05, 0.1) is 22.8 Å². The second-order valence-electron chi connectivity index (χ2n) is 4.50. The first kappa shape index (κ1) is 14.0. The van der Waals surface area contributed by atoms with E-state index < -0.39 is 5.97 Å². The molecule has 0 amide bonds. The van der Waals surface area contributed by atoms with Gasteiger partial charge < -0.3 is 9.84 Å². The van der Waals surface area contributed by atoms with Crippen LogP contribution in [0.3, 0.4) is 0 Å². The number of carboxylic acid groups (broad SMARTS) is 1. The third-order valence-electron chi connectivity index (χ3n) is 1.85. The zero-order chi connectivity index (χ0) is 12.9. The Kier molecular flexibility index (Phi) is 4.96. The minimum atomic E-state index is -0.930. The van der Waals surface area contributed by atoms with Crippen LogP contribution in [0.1, 0.15) is 31.1 Å². The smallest absolute Gasteiger partial charge is 0.335 e. The van der Waals surface area contributed by atoms with Crippen LogP contribution in [-0.2, 0) is 4.74 Å². The lowest BCUT2D eigenvalue weighted by molar-refractivity contribution is 0.00693. The summed E-state index contributed by atoms with van der Waals surface area (Å²) in [6.45, 7) is 6.62. The first-order valence-electron chi connectivity index (χ1n) is 5.34. The Morgan fingerprint density at radius 1 is 1.53 bits per heavy atom. The first-order chi connectivity index (χ1) is 7.88. The lowest BCUT2D eigenvalue weighted by Crippen LogP contribution is -2.20. The summed E-state index contributed by atoms with van der Waals surface area (Å²) in [5.41, 5.74) is 0.121. The number of thioether (sulfide) groups is 1. The number of aromatic carboxylic acids is 1. The van der Waals surface area contributed by atoms with Crippen molar-refractivity contribution in [1.82, 2.24) is 4.98 Å². The summed E-state index contributed by atoms with van der Waals surface area (Å²) in [4.78, 5) is 14.9. The maximum absolute atomic E-state index is 10.8. The maximum atomic E-state index is 10.8. The van der Waals surface area contributed by atoms with Gasteiger partial charge in [-0.25, -0.2) is 9.78 Å². The summed E-state index contributed by atoms with van der Waals surface area (Å²) in [5.74, 6) is -0.173. The molecule has 94 valence electrons. The van der Waals surface area contributed by atoms with Gasteiger partial charge >= 0.3 is 5.97 Å². The molecular formula is C12H17NO3S. The van der Waals surface area contributed by atoms with Crippen molar-refractivity contribution in [3.8, 4) is 0 Å². The summed E-state index contributed by atoms with van der Waals surface area (Å²) >= 11 is 1.49. The Bertz CT molecular complexity index is 388. The van der Waals surface area contributed by atoms with E-state index in [2.05, 4.69) is 4.98 Å². The van der Waals surface area contributed by atoms with Gasteiger partial charge in [0.2, 0.25) is 0 Å². The van der Waals surface area contributed by atoms with Crippen LogP contribution in [0, 0.1) is 0 Å². The first-order valence-corrected chi connectivity index (χ1v) is 6.33. The third-order valence-corrected chi connectivity index (χ3v) is 2.74. The van der Waals surface area contributed by atoms with Crippen LogP contribution < -0.4 is 0 Å². The van der Waals surface area contributed by atoms with E-state index in [4.69, 9.17) is 9.84 Å². The minimum Gasteiger partial charge on any atom is -0.478 e. The van der Waals surface area contributed by atoms with Gasteiger partial charge in [-0.15, -0.1) is 11.8 Å². The Hall–Kier alpha value is -1.07. The molecule has 1 aromatic heterocycles. The summed E-state index contributed by atoms with van der Waals surface area (Å²) in [7, 11) is 0. The molecule has 0 unspecified atom stereocenters. The minimum absolute atomic E-state index is 0.142. The molecule has 0 aromatic carbocycles. The normalized spacial score (nSPS) is 11.5. The molecule has 0 saturated carbocycles. The zero-order valence-electron chi connectivity index (χ0n) is 10.3. The lowest BCUT2D eigenvalue weighted by Gasteiger charge is -2.19. The van der Waals surface area contributed by atoms with Crippen molar-refractivity contribution in [3.05, 3.63) is 23.9 Å². The molecule has 1 rings (SSSR count). The Morgan fingerprint density at radius 2 is 2.24 bits per heavy atom. The highest BCUT2D eigenvalue weighted by molar-refractivity contribution is 7.99. The fourth-order valence-electron chi connectivity index (χ4n) is 1.12. The molecule has 17 heavy (non-hydrogen) atoms. The number of hydrogen-bond acceptors (Lipinski definition) is 4. The van der Waals surface area contributed by atoms with Crippen LogP contribution in [0.15, 0.2) is 23.4 Å². The number of ether oxygens (including phenoxy) is 1. The van der Waals surface area contributed by atoms with Gasteiger partial charge in [-0.05, 0) is 32.9 Å². The number of carbonyl (C=O) groups is 1. The highest BCUT2D eigenvalue weighted by Gasteiger charge is 2.09. The molecule has 5 heteroatoms. The van der Waals surface area contributed by atoms with Gasteiger partial charge in [0.25, 0.3) is 0 Å². The molecular weight excluding hydrogens is 238 g/mol. The van der Waals surface area contributed by atoms with E-state index in [0.717, 1.165) is 5.75 Å². The second-order valence-corrected chi connectivity index (χ2v) is 5.61. The van der Waals surface area contributed by atoms with Crippen LogP contribution in [0.25, 0.3) is 0 Å². The molecule has 0 spiro atoms. The Balaban J connectivity index is 2.42. The average molecular weight is 255 g/mol. The Labute approximate surface area is 105 Å². The number of nitrogens with zero attached hydrogens (tertiary/aromatic N) is 1. The summed E-state index contributed by atoms with van der Waals surface area (Å²) in [6, 6.07) is 3.06. The molecule has 1 N–H and O–H groups in total. The van der Waals surface area contributed by atoms with Crippen LogP contribution >= 0.6 is 11.8 Å². The highest BCUT2D eigenvalue weighted by Crippen LogP contribution is 2.17. The van der Waals surface area contributed by atoms with Crippen molar-refractivity contribution in [3.63, 3.8) is 0 Å². The van der Waals surface area contributed by atoms with E-state index >= 15 is 0 Å². The number of carboxylic acids is 1. The standard InChI is InChI=1S/C12H17NO3S/c1-12(2,3)16-6-7-17-10-8-9(11(14)15)4-5-13-10/h4-5,8H,6-7H2,1-3H3,(H,14,15). The van der Waals surface area contributed by atoms with E-state index in [0.29, 0.717) is 11.6 Å². The summed E-state index contributed by atoms with van der Waals surface area (Å²) < 4.78 is 5.56. The summed E-state index contributed by atoms with van der Waals surface area (Å²) in [6.07, 6.45) is 1.51. The summed E-state index contributed by atoms with van der Waals surface area (Å²) in [5, 5.41) is 9.54. The van der Waals surface area contributed by atoms with Crippen molar-refractivity contribution < 1.29 is 14.6 Å². The van der Waals surface area contributed by atoms with Crippen LogP contribution in [0.4, 0.5) is 0 Å². The predicted octanol–water partition coefficient (Wildman–Crippen LogP) is 2.69. The third kappa shape index (κ3) is 5.70. The maximum Gasteiger partial charge on any atom is 0.335 e. The van der Waals surface area contributed by atoms with Crippen LogP contribution in [0.5, 0.6) is 0 Å². The number of rotatable bonds is 5. The zero-order valence-corrected chi connectivity index (χ0v) is 11.1. The van der Waals surface area contributed by atoms with Gasteiger partial charge in [0.15, 0.2) is 0 Å². The van der Waals surface area contributed by atoms with Gasteiger partial charge in [-0.3, -0.25) is 0 Å². The molecule has 4 nitrogen and oxygen atoms in total. The molecule has 0 radical (unpaired) electrons. The van der Waals surface area contributed by atoms with E-state index in [9.17, 15) is 4.79 Å². The monoisotopic (exact) mass is 255 g/mol. The van der Waals surface area contributed by atoms with Crippen molar-refractivity contribution in [1.29, 1.82) is 0 Å². The average Bonchev–Trinajstić information content (AvgIpc) is 2.23. The fourth-order valence-corrected chi connectivity index (χ4v) is 1.84. The van der Waals surface area contributed by atoms with E-state index in [-0.39, 0.29) is 11.2 Å². The predicted molar refractivity (Wildman–Crippen MR) is 67.6 cm³/mol. The topological polar surface area (TPSA) is 59.4 Å². The van der Waals surface area contributed by atoms with E-state index in [1.165, 1.54) is 24.0 Å². The Morgan fingerprint density at radius 3 is 2.82 bits per heavy atom. The van der Waals surface area contributed by atoms with Gasteiger partial charge in [-0.1, -0.05) is 0 Å². The quantitative estimate of drug-likeness (QED) is 0.647. The molecule has 1 aromatic rings. The number of hydrogen-bond donors (Lipinski definition) is 1. The molecule has 0 aliphatic rings. The van der Waals surface area contributed by atoms with Gasteiger partial charge in [0, 0.05) is 11.9 Å². The second kappa shape index (κ2) is 6.02. The number of aromatic nitrogens is 1.